The molecule has 0 saturated carbocycles. The van der Waals surface area contributed by atoms with Crippen molar-refractivity contribution < 1.29 is 0 Å². The summed E-state index contributed by atoms with van der Waals surface area (Å²) in [5.41, 5.74) is 9.36. The van der Waals surface area contributed by atoms with Crippen LogP contribution in [0.2, 0.25) is 0 Å². The molecule has 0 aromatic heterocycles. The van der Waals surface area contributed by atoms with Crippen LogP contribution in [0.4, 0.5) is 0 Å². The zero-order valence-corrected chi connectivity index (χ0v) is 14.4. The Bertz CT molecular complexity index is 606. The van der Waals surface area contributed by atoms with Gasteiger partial charge in [-0.3, -0.25) is 0 Å². The van der Waals surface area contributed by atoms with Crippen LogP contribution in [-0.2, 0) is 12.8 Å². The molecule has 0 fully saturated rings. The number of benzene rings is 2. The van der Waals surface area contributed by atoms with E-state index in [9.17, 15) is 0 Å². The van der Waals surface area contributed by atoms with Crippen LogP contribution in [0.5, 0.6) is 0 Å². The van der Waals surface area contributed by atoms with Gasteiger partial charge in [0.15, 0.2) is 0 Å². The molecule has 2 aliphatic carbocycles. The first kappa shape index (κ1) is 17.8. The van der Waals surface area contributed by atoms with Crippen LogP contribution in [-0.4, -0.2) is 0 Å². The third-order valence-corrected chi connectivity index (χ3v) is 5.61. The van der Waals surface area contributed by atoms with E-state index in [4.69, 9.17) is 0 Å². The Labute approximate surface area is 143 Å². The Morgan fingerprint density at radius 3 is 1.43 bits per heavy atom. The van der Waals surface area contributed by atoms with Crippen LogP contribution in [0.25, 0.3) is 0 Å². The second kappa shape index (κ2) is 7.34. The molecular formula is C23H32. The molecule has 0 heteroatoms. The zero-order valence-electron chi connectivity index (χ0n) is 14.4. The van der Waals surface area contributed by atoms with Gasteiger partial charge in [-0.15, -0.1) is 0 Å². The molecule has 0 saturated heterocycles. The second-order valence-corrected chi connectivity index (χ2v) is 7.16. The molecule has 2 aromatic rings. The smallest absolute Gasteiger partial charge is 0.0184 e. The molecule has 4 rings (SSSR count). The maximum Gasteiger partial charge on any atom is -0.0184 e. The van der Waals surface area contributed by atoms with Gasteiger partial charge in [0, 0.05) is 0 Å². The SMILES string of the molecule is C.Cc1cccc2c1CC[C@@H]2C.Cc1cccc2c1CC[C@H]2C. The van der Waals surface area contributed by atoms with Gasteiger partial charge in [-0.2, -0.15) is 0 Å². The highest BCUT2D eigenvalue weighted by atomic mass is 14.2. The molecule has 0 nitrogen and oxygen atoms in total. The van der Waals surface area contributed by atoms with E-state index in [0.29, 0.717) is 0 Å². The first-order chi connectivity index (χ1) is 10.6. The van der Waals surface area contributed by atoms with Crippen molar-refractivity contribution in [2.45, 2.75) is 72.6 Å². The Balaban J connectivity index is 0.000000160. The zero-order chi connectivity index (χ0) is 15.7. The Hall–Kier alpha value is -1.56. The van der Waals surface area contributed by atoms with Crippen molar-refractivity contribution in [3.63, 3.8) is 0 Å². The molecular weight excluding hydrogens is 276 g/mol. The van der Waals surface area contributed by atoms with E-state index in [-0.39, 0.29) is 7.43 Å². The van der Waals surface area contributed by atoms with E-state index >= 15 is 0 Å². The number of hydrogen-bond acceptors (Lipinski definition) is 0. The fourth-order valence-corrected chi connectivity index (χ4v) is 4.09. The van der Waals surface area contributed by atoms with Crippen molar-refractivity contribution in [1.82, 2.24) is 0 Å². The van der Waals surface area contributed by atoms with Crippen molar-refractivity contribution >= 4 is 0 Å². The number of rotatable bonds is 0. The van der Waals surface area contributed by atoms with Gasteiger partial charge in [0.05, 0.1) is 0 Å². The molecule has 23 heavy (non-hydrogen) atoms. The van der Waals surface area contributed by atoms with Crippen molar-refractivity contribution in [2.75, 3.05) is 0 Å². The molecule has 0 unspecified atom stereocenters. The minimum Gasteiger partial charge on any atom is -0.0776 e. The molecule has 0 bridgehead atoms. The van der Waals surface area contributed by atoms with Crippen LogP contribution in [0, 0.1) is 13.8 Å². The highest BCUT2D eigenvalue weighted by Crippen LogP contribution is 2.34. The summed E-state index contributed by atoms with van der Waals surface area (Å²) in [7, 11) is 0. The summed E-state index contributed by atoms with van der Waals surface area (Å²) in [6.45, 7) is 9.09. The lowest BCUT2D eigenvalue weighted by Crippen LogP contribution is -1.87. The van der Waals surface area contributed by atoms with Gasteiger partial charge in [-0.25, -0.2) is 0 Å². The van der Waals surface area contributed by atoms with Crippen LogP contribution in [0.3, 0.4) is 0 Å². The molecule has 2 aromatic carbocycles. The van der Waals surface area contributed by atoms with E-state index < -0.39 is 0 Å². The van der Waals surface area contributed by atoms with Crippen LogP contribution >= 0.6 is 0 Å². The van der Waals surface area contributed by atoms with E-state index in [0.717, 1.165) is 11.8 Å². The predicted molar refractivity (Wildman–Crippen MR) is 103 cm³/mol. The molecule has 0 amide bonds. The van der Waals surface area contributed by atoms with E-state index in [1.165, 1.54) is 36.8 Å². The molecule has 2 atom stereocenters. The summed E-state index contributed by atoms with van der Waals surface area (Å²) in [5, 5.41) is 0. The fraction of sp³-hybridized carbons (Fsp3) is 0.478. The monoisotopic (exact) mass is 308 g/mol. The van der Waals surface area contributed by atoms with Crippen molar-refractivity contribution in [3.8, 4) is 0 Å². The lowest BCUT2D eigenvalue weighted by atomic mass is 10.0. The molecule has 0 N–H and O–H groups in total. The summed E-state index contributed by atoms with van der Waals surface area (Å²) < 4.78 is 0. The minimum atomic E-state index is 0. The Morgan fingerprint density at radius 2 is 1.09 bits per heavy atom. The summed E-state index contributed by atoms with van der Waals surface area (Å²) in [4.78, 5) is 0. The minimum absolute atomic E-state index is 0. The van der Waals surface area contributed by atoms with Crippen molar-refractivity contribution in [1.29, 1.82) is 0 Å². The van der Waals surface area contributed by atoms with Crippen molar-refractivity contribution in [3.05, 3.63) is 69.8 Å². The quantitative estimate of drug-likeness (QED) is 0.506. The van der Waals surface area contributed by atoms with Crippen LogP contribution in [0.15, 0.2) is 36.4 Å². The normalized spacial score (nSPS) is 20.9. The maximum absolute atomic E-state index is 2.32. The molecule has 0 heterocycles. The van der Waals surface area contributed by atoms with Gasteiger partial charge in [0.1, 0.15) is 0 Å². The molecule has 0 aliphatic heterocycles. The average Bonchev–Trinajstić information content (AvgIpc) is 3.07. The fourth-order valence-electron chi connectivity index (χ4n) is 4.09. The van der Waals surface area contributed by atoms with Crippen LogP contribution in [0.1, 0.15) is 79.3 Å². The summed E-state index contributed by atoms with van der Waals surface area (Å²) in [5.74, 6) is 1.59. The second-order valence-electron chi connectivity index (χ2n) is 7.16. The summed E-state index contributed by atoms with van der Waals surface area (Å²) in [6.07, 6.45) is 5.28. The number of hydrogen-bond donors (Lipinski definition) is 0. The van der Waals surface area contributed by atoms with Gasteiger partial charge in [0.25, 0.3) is 0 Å². The number of fused-ring (bicyclic) bond motifs is 2. The Kier molecular flexibility index (Phi) is 5.68. The molecule has 124 valence electrons. The van der Waals surface area contributed by atoms with Gasteiger partial charge < -0.3 is 0 Å². The maximum atomic E-state index is 2.32. The first-order valence-corrected chi connectivity index (χ1v) is 8.74. The Morgan fingerprint density at radius 1 is 0.696 bits per heavy atom. The summed E-state index contributed by atoms with van der Waals surface area (Å²) >= 11 is 0. The average molecular weight is 309 g/mol. The molecule has 0 spiro atoms. The van der Waals surface area contributed by atoms with Gasteiger partial charge in [-0.05, 0) is 84.7 Å². The molecule has 0 radical (unpaired) electrons. The number of aryl methyl sites for hydroxylation is 2. The highest BCUT2D eigenvalue weighted by molar-refractivity contribution is 5.40. The van der Waals surface area contributed by atoms with E-state index in [2.05, 4.69) is 64.1 Å². The van der Waals surface area contributed by atoms with E-state index in [1.54, 1.807) is 22.3 Å². The highest BCUT2D eigenvalue weighted by Gasteiger charge is 2.19. The lowest BCUT2D eigenvalue weighted by molar-refractivity contribution is 0.747. The summed E-state index contributed by atoms with van der Waals surface area (Å²) in [6, 6.07) is 13.3. The third-order valence-electron chi connectivity index (χ3n) is 5.61. The van der Waals surface area contributed by atoms with Gasteiger partial charge >= 0.3 is 0 Å². The predicted octanol–water partition coefficient (Wildman–Crippen LogP) is 6.73. The largest absolute Gasteiger partial charge is 0.0776 e. The third kappa shape index (κ3) is 3.52. The standard InChI is InChI=1S/2C11H14.CH4/c2*1-8-4-3-5-10-9(2)6-7-11(8)10;/h2*3-5,9H,6-7H2,1-2H3;1H4/t2*9-;/m10./s1. The first-order valence-electron chi connectivity index (χ1n) is 8.74. The van der Waals surface area contributed by atoms with Gasteiger partial charge in [-0.1, -0.05) is 57.7 Å². The lowest BCUT2D eigenvalue weighted by Gasteiger charge is -2.04. The van der Waals surface area contributed by atoms with E-state index in [1.807, 2.05) is 0 Å². The van der Waals surface area contributed by atoms with Gasteiger partial charge in [0.2, 0.25) is 0 Å². The molecule has 2 aliphatic rings. The topological polar surface area (TPSA) is 0 Å². The van der Waals surface area contributed by atoms with Crippen molar-refractivity contribution in [2.24, 2.45) is 0 Å². The van der Waals surface area contributed by atoms with Crippen LogP contribution < -0.4 is 0 Å².